The highest BCUT2D eigenvalue weighted by Gasteiger charge is 2.44. The standard InChI is InChI=1S/C21H19F2N3O3/c1-21(2,20(27)28)15-9-24-19(29-15)17-16-10-3-4-11(7-10)18(16)26(25-17)14-6-5-12(22)8-13(14)23/h5-6,8-11H,3-4,7H2,1-2H3,(H,27,28)/t10-,11-/m1/s1. The molecule has 0 amide bonds. The van der Waals surface area contributed by atoms with Gasteiger partial charge in [-0.1, -0.05) is 0 Å². The number of oxazole rings is 1. The fraction of sp³-hybridized carbons (Fsp3) is 0.381. The van der Waals surface area contributed by atoms with E-state index in [0.717, 1.165) is 36.6 Å². The number of hydrogen-bond acceptors (Lipinski definition) is 4. The summed E-state index contributed by atoms with van der Waals surface area (Å²) in [4.78, 5) is 15.8. The van der Waals surface area contributed by atoms with E-state index in [-0.39, 0.29) is 29.2 Å². The van der Waals surface area contributed by atoms with E-state index in [2.05, 4.69) is 10.1 Å². The number of rotatable bonds is 4. The maximum atomic E-state index is 14.5. The highest BCUT2D eigenvalue weighted by molar-refractivity contribution is 5.79. The first-order chi connectivity index (χ1) is 13.8. The number of nitrogens with zero attached hydrogens (tertiary/aromatic N) is 3. The van der Waals surface area contributed by atoms with Crippen molar-refractivity contribution in [1.29, 1.82) is 0 Å². The van der Waals surface area contributed by atoms with E-state index in [9.17, 15) is 18.7 Å². The fourth-order valence-corrected chi connectivity index (χ4v) is 4.50. The second kappa shape index (κ2) is 5.98. The SMILES string of the molecule is CC(C)(C(=O)O)c1cnc(-c2nn(-c3ccc(F)cc3F)c3c2[C@@H]2CC[C@@H]3C2)o1. The molecule has 8 heteroatoms. The van der Waals surface area contributed by atoms with Gasteiger partial charge in [-0.2, -0.15) is 5.10 Å². The Bertz CT molecular complexity index is 1150. The normalized spacial score (nSPS) is 20.3. The number of fused-ring (bicyclic) bond motifs is 5. The predicted molar refractivity (Wildman–Crippen MR) is 99.0 cm³/mol. The van der Waals surface area contributed by atoms with Crippen molar-refractivity contribution in [2.45, 2.75) is 50.4 Å². The van der Waals surface area contributed by atoms with Gasteiger partial charge in [0.1, 0.15) is 22.7 Å². The molecule has 3 aromatic rings. The Hall–Kier alpha value is -3.03. The lowest BCUT2D eigenvalue weighted by atomic mass is 9.91. The quantitative estimate of drug-likeness (QED) is 0.697. The van der Waals surface area contributed by atoms with Gasteiger partial charge in [0.25, 0.3) is 0 Å². The summed E-state index contributed by atoms with van der Waals surface area (Å²) in [5.74, 6) is -1.38. The van der Waals surface area contributed by atoms with E-state index in [4.69, 9.17) is 4.42 Å². The van der Waals surface area contributed by atoms with E-state index in [1.54, 1.807) is 13.8 Å². The zero-order valence-corrected chi connectivity index (χ0v) is 15.9. The van der Waals surface area contributed by atoms with Gasteiger partial charge in [-0.15, -0.1) is 0 Å². The fourth-order valence-electron chi connectivity index (χ4n) is 4.50. The summed E-state index contributed by atoms with van der Waals surface area (Å²) in [5, 5.41) is 14.0. The third-order valence-corrected chi connectivity index (χ3v) is 6.18. The van der Waals surface area contributed by atoms with Gasteiger partial charge in [0, 0.05) is 17.5 Å². The average Bonchev–Trinajstić information content (AvgIpc) is 3.42. The molecule has 2 aliphatic carbocycles. The van der Waals surface area contributed by atoms with Gasteiger partial charge in [0.05, 0.1) is 11.9 Å². The van der Waals surface area contributed by atoms with Crippen LogP contribution in [0.1, 0.15) is 62.0 Å². The van der Waals surface area contributed by atoms with Gasteiger partial charge in [-0.3, -0.25) is 4.79 Å². The van der Waals surface area contributed by atoms with Gasteiger partial charge in [0.2, 0.25) is 5.89 Å². The molecule has 2 heterocycles. The molecule has 5 rings (SSSR count). The van der Waals surface area contributed by atoms with Crippen LogP contribution in [0, 0.1) is 11.6 Å². The van der Waals surface area contributed by atoms with Crippen LogP contribution in [0.2, 0.25) is 0 Å². The largest absolute Gasteiger partial charge is 0.481 e. The molecule has 1 fully saturated rings. The lowest BCUT2D eigenvalue weighted by Gasteiger charge is -2.14. The summed E-state index contributed by atoms with van der Waals surface area (Å²) in [7, 11) is 0. The highest BCUT2D eigenvalue weighted by atomic mass is 19.1. The van der Waals surface area contributed by atoms with Crippen LogP contribution in [0.5, 0.6) is 0 Å². The molecule has 150 valence electrons. The zero-order chi connectivity index (χ0) is 20.5. The van der Waals surface area contributed by atoms with Gasteiger partial charge in [-0.25, -0.2) is 18.4 Å². The molecule has 6 nitrogen and oxygen atoms in total. The maximum Gasteiger partial charge on any atom is 0.316 e. The maximum absolute atomic E-state index is 14.5. The third-order valence-electron chi connectivity index (χ3n) is 6.18. The van der Waals surface area contributed by atoms with Crippen molar-refractivity contribution in [3.63, 3.8) is 0 Å². The minimum Gasteiger partial charge on any atom is -0.481 e. The lowest BCUT2D eigenvalue weighted by Crippen LogP contribution is -2.27. The van der Waals surface area contributed by atoms with Crippen molar-refractivity contribution >= 4 is 5.97 Å². The van der Waals surface area contributed by atoms with Crippen molar-refractivity contribution in [2.24, 2.45) is 0 Å². The smallest absolute Gasteiger partial charge is 0.316 e. The second-order valence-electron chi connectivity index (χ2n) is 8.32. The molecule has 0 radical (unpaired) electrons. The molecule has 2 atom stereocenters. The molecule has 1 N–H and O–H groups in total. The summed E-state index contributed by atoms with van der Waals surface area (Å²) in [6.45, 7) is 3.08. The van der Waals surface area contributed by atoms with Crippen LogP contribution >= 0.6 is 0 Å². The minimum atomic E-state index is -1.24. The van der Waals surface area contributed by atoms with Gasteiger partial charge in [0.15, 0.2) is 11.5 Å². The van der Waals surface area contributed by atoms with Crippen LogP contribution in [0.4, 0.5) is 8.78 Å². The van der Waals surface area contributed by atoms with Gasteiger partial charge >= 0.3 is 5.97 Å². The van der Waals surface area contributed by atoms with Crippen LogP contribution in [0.3, 0.4) is 0 Å². The van der Waals surface area contributed by atoms with Crippen molar-refractivity contribution in [1.82, 2.24) is 14.8 Å². The molecule has 0 saturated heterocycles. The van der Waals surface area contributed by atoms with Crippen LogP contribution in [-0.4, -0.2) is 25.8 Å². The van der Waals surface area contributed by atoms with Gasteiger partial charge < -0.3 is 9.52 Å². The minimum absolute atomic E-state index is 0.180. The summed E-state index contributed by atoms with van der Waals surface area (Å²) < 4.78 is 35.2. The Kier molecular flexibility index (Phi) is 3.72. The van der Waals surface area contributed by atoms with Crippen molar-refractivity contribution < 1.29 is 23.1 Å². The predicted octanol–water partition coefficient (Wildman–Crippen LogP) is 4.53. The Balaban J connectivity index is 1.67. The monoisotopic (exact) mass is 399 g/mol. The highest BCUT2D eigenvalue weighted by Crippen LogP contribution is 2.56. The number of halogens is 2. The topological polar surface area (TPSA) is 81.1 Å². The molecule has 29 heavy (non-hydrogen) atoms. The van der Waals surface area contributed by atoms with Crippen LogP contribution in [0.25, 0.3) is 17.3 Å². The van der Waals surface area contributed by atoms with Crippen LogP contribution in [-0.2, 0) is 10.2 Å². The number of carboxylic acid groups (broad SMARTS) is 1. The second-order valence-corrected chi connectivity index (χ2v) is 8.32. The number of hydrogen-bond donors (Lipinski definition) is 1. The number of benzene rings is 1. The Morgan fingerprint density at radius 1 is 1.28 bits per heavy atom. The van der Waals surface area contributed by atoms with Gasteiger partial charge in [-0.05, 0) is 51.2 Å². The molecular weight excluding hydrogens is 380 g/mol. The summed E-state index contributed by atoms with van der Waals surface area (Å²) in [6.07, 6.45) is 4.36. The number of aromatic nitrogens is 3. The van der Waals surface area contributed by atoms with Crippen molar-refractivity contribution in [3.8, 4) is 17.3 Å². The molecule has 1 saturated carbocycles. The Morgan fingerprint density at radius 2 is 2.03 bits per heavy atom. The Labute approximate surface area is 165 Å². The summed E-state index contributed by atoms with van der Waals surface area (Å²) >= 11 is 0. The zero-order valence-electron chi connectivity index (χ0n) is 15.9. The van der Waals surface area contributed by atoms with Crippen molar-refractivity contribution in [2.75, 3.05) is 0 Å². The number of carboxylic acids is 1. The summed E-state index contributed by atoms with van der Waals surface area (Å²) in [5.41, 5.74) is 1.34. The molecule has 2 bridgehead atoms. The molecule has 0 aliphatic heterocycles. The lowest BCUT2D eigenvalue weighted by molar-refractivity contribution is -0.143. The Morgan fingerprint density at radius 3 is 2.76 bits per heavy atom. The number of carbonyl (C=O) groups is 1. The molecule has 1 aromatic carbocycles. The molecule has 2 aliphatic rings. The van der Waals surface area contributed by atoms with E-state index in [1.807, 2.05) is 0 Å². The number of aliphatic carboxylic acids is 1. The first kappa shape index (κ1) is 18.0. The molecule has 0 spiro atoms. The third kappa shape index (κ3) is 2.54. The van der Waals surface area contributed by atoms with Crippen LogP contribution < -0.4 is 0 Å². The van der Waals surface area contributed by atoms with E-state index in [1.165, 1.54) is 23.0 Å². The van der Waals surface area contributed by atoms with Crippen molar-refractivity contribution in [3.05, 3.63) is 53.0 Å². The molecule has 0 unspecified atom stereocenters. The first-order valence-electron chi connectivity index (χ1n) is 9.55. The van der Waals surface area contributed by atoms with E-state index < -0.39 is 23.0 Å². The van der Waals surface area contributed by atoms with E-state index in [0.29, 0.717) is 5.69 Å². The average molecular weight is 399 g/mol. The van der Waals surface area contributed by atoms with E-state index >= 15 is 0 Å². The first-order valence-corrected chi connectivity index (χ1v) is 9.55. The molecule has 2 aromatic heterocycles. The summed E-state index contributed by atoms with van der Waals surface area (Å²) in [6, 6.07) is 3.43. The molecular formula is C21H19F2N3O3. The van der Waals surface area contributed by atoms with Crippen LogP contribution in [0.15, 0.2) is 28.8 Å².